The number of esters is 3. The SMILES string of the molecule is CC(=O)Oc1ccc(OC(C)=O)c(C=Cc2ccc(OC(=O)CCCCC3CCSS3)cc2)c1. The Morgan fingerprint density at radius 2 is 1.65 bits per heavy atom. The average molecular weight is 501 g/mol. The molecule has 1 atom stereocenters. The van der Waals surface area contributed by atoms with Crippen LogP contribution in [0.25, 0.3) is 12.2 Å². The highest BCUT2D eigenvalue weighted by Crippen LogP contribution is 2.39. The van der Waals surface area contributed by atoms with Crippen molar-refractivity contribution in [1.82, 2.24) is 0 Å². The highest BCUT2D eigenvalue weighted by Gasteiger charge is 2.16. The molecule has 6 nitrogen and oxygen atoms in total. The van der Waals surface area contributed by atoms with Crippen LogP contribution in [0.5, 0.6) is 17.2 Å². The van der Waals surface area contributed by atoms with E-state index in [1.165, 1.54) is 26.0 Å². The standard InChI is InChI=1S/C26H28O6S2/c1-18(27)30-23-13-14-25(31-19(2)28)21(17-23)10-7-20-8-11-22(12-9-20)32-26(29)6-4-3-5-24-15-16-33-34-24/h7-14,17,24H,3-6,15-16H2,1-2H3. The van der Waals surface area contributed by atoms with Gasteiger partial charge in [-0.25, -0.2) is 0 Å². The Hall–Kier alpha value is -2.71. The number of ether oxygens (including phenoxy) is 3. The molecule has 2 aromatic carbocycles. The molecule has 1 unspecified atom stereocenters. The maximum atomic E-state index is 12.1. The van der Waals surface area contributed by atoms with Gasteiger partial charge in [0, 0.05) is 36.8 Å². The van der Waals surface area contributed by atoms with Gasteiger partial charge in [-0.1, -0.05) is 52.3 Å². The molecule has 3 rings (SSSR count). The largest absolute Gasteiger partial charge is 0.427 e. The summed E-state index contributed by atoms with van der Waals surface area (Å²) in [6, 6.07) is 11.9. The van der Waals surface area contributed by atoms with Gasteiger partial charge in [0.2, 0.25) is 0 Å². The zero-order chi connectivity index (χ0) is 24.3. The monoisotopic (exact) mass is 500 g/mol. The summed E-state index contributed by atoms with van der Waals surface area (Å²) in [7, 11) is 3.91. The molecule has 0 bridgehead atoms. The zero-order valence-corrected chi connectivity index (χ0v) is 20.9. The van der Waals surface area contributed by atoms with Crippen LogP contribution < -0.4 is 14.2 Å². The van der Waals surface area contributed by atoms with Crippen molar-refractivity contribution in [1.29, 1.82) is 0 Å². The predicted molar refractivity (Wildman–Crippen MR) is 137 cm³/mol. The van der Waals surface area contributed by atoms with Gasteiger partial charge in [0.1, 0.15) is 17.2 Å². The third-order valence-corrected chi connectivity index (χ3v) is 7.95. The molecular formula is C26H28O6S2. The number of carbonyl (C=O) groups is 3. The fourth-order valence-corrected chi connectivity index (χ4v) is 6.38. The molecule has 0 saturated carbocycles. The fourth-order valence-electron chi connectivity index (χ4n) is 3.36. The minimum Gasteiger partial charge on any atom is -0.427 e. The van der Waals surface area contributed by atoms with Crippen LogP contribution in [0, 0.1) is 0 Å². The van der Waals surface area contributed by atoms with Crippen molar-refractivity contribution in [2.75, 3.05) is 5.75 Å². The van der Waals surface area contributed by atoms with Gasteiger partial charge < -0.3 is 14.2 Å². The molecule has 1 aliphatic rings. The van der Waals surface area contributed by atoms with Crippen molar-refractivity contribution in [3.63, 3.8) is 0 Å². The zero-order valence-electron chi connectivity index (χ0n) is 19.3. The first-order valence-electron chi connectivity index (χ1n) is 11.2. The molecule has 0 aliphatic carbocycles. The van der Waals surface area contributed by atoms with Gasteiger partial charge >= 0.3 is 17.9 Å². The van der Waals surface area contributed by atoms with Gasteiger partial charge in [-0.2, -0.15) is 0 Å². The Labute approximate surface area is 207 Å². The van der Waals surface area contributed by atoms with Crippen molar-refractivity contribution in [2.45, 2.75) is 51.2 Å². The van der Waals surface area contributed by atoms with Gasteiger partial charge in [0.15, 0.2) is 0 Å². The van der Waals surface area contributed by atoms with Crippen LogP contribution in [-0.4, -0.2) is 28.9 Å². The topological polar surface area (TPSA) is 78.9 Å². The van der Waals surface area contributed by atoms with Crippen LogP contribution >= 0.6 is 21.6 Å². The minimum atomic E-state index is -0.447. The number of unbranched alkanes of at least 4 members (excludes halogenated alkanes) is 1. The maximum absolute atomic E-state index is 12.1. The second-order valence-electron chi connectivity index (χ2n) is 7.84. The normalized spacial score (nSPS) is 15.3. The summed E-state index contributed by atoms with van der Waals surface area (Å²) in [6.45, 7) is 2.64. The quantitative estimate of drug-likeness (QED) is 0.123. The van der Waals surface area contributed by atoms with E-state index in [1.54, 1.807) is 36.4 Å². The molecule has 0 amide bonds. The molecular weight excluding hydrogens is 472 g/mol. The second-order valence-corrected chi connectivity index (χ2v) is 10.6. The molecule has 34 heavy (non-hydrogen) atoms. The smallest absolute Gasteiger partial charge is 0.311 e. The molecule has 8 heteroatoms. The van der Waals surface area contributed by atoms with Crippen LogP contribution in [0.2, 0.25) is 0 Å². The summed E-state index contributed by atoms with van der Waals surface area (Å²) in [5.74, 6) is 1.34. The van der Waals surface area contributed by atoms with E-state index in [0.29, 0.717) is 29.2 Å². The average Bonchev–Trinajstić information content (AvgIpc) is 3.31. The third-order valence-electron chi connectivity index (χ3n) is 4.95. The Bertz CT molecular complexity index is 1030. The molecule has 1 saturated heterocycles. The van der Waals surface area contributed by atoms with E-state index in [-0.39, 0.29) is 5.97 Å². The van der Waals surface area contributed by atoms with Gasteiger partial charge in [-0.15, -0.1) is 0 Å². The summed E-state index contributed by atoms with van der Waals surface area (Å²) in [4.78, 5) is 34.8. The van der Waals surface area contributed by atoms with Gasteiger partial charge in [0.05, 0.1) is 0 Å². The van der Waals surface area contributed by atoms with Crippen LogP contribution in [-0.2, 0) is 14.4 Å². The van der Waals surface area contributed by atoms with Crippen LogP contribution in [0.1, 0.15) is 57.1 Å². The Morgan fingerprint density at radius 1 is 0.912 bits per heavy atom. The molecule has 0 radical (unpaired) electrons. The lowest BCUT2D eigenvalue weighted by Gasteiger charge is -2.08. The van der Waals surface area contributed by atoms with Crippen LogP contribution in [0.4, 0.5) is 0 Å². The van der Waals surface area contributed by atoms with E-state index in [1.807, 2.05) is 39.8 Å². The first-order valence-corrected chi connectivity index (χ1v) is 13.6. The number of rotatable bonds is 10. The highest BCUT2D eigenvalue weighted by atomic mass is 33.1. The summed E-state index contributed by atoms with van der Waals surface area (Å²) >= 11 is 0. The van der Waals surface area contributed by atoms with Crippen molar-refractivity contribution >= 4 is 51.6 Å². The van der Waals surface area contributed by atoms with E-state index in [4.69, 9.17) is 14.2 Å². The number of hydrogen-bond donors (Lipinski definition) is 0. The molecule has 1 aliphatic heterocycles. The third kappa shape index (κ3) is 8.91. The Kier molecular flexibility index (Phi) is 10.1. The van der Waals surface area contributed by atoms with Gasteiger partial charge in [0.25, 0.3) is 0 Å². The van der Waals surface area contributed by atoms with Crippen molar-refractivity contribution in [3.05, 3.63) is 53.6 Å². The molecule has 1 fully saturated rings. The molecule has 2 aromatic rings. The minimum absolute atomic E-state index is 0.218. The summed E-state index contributed by atoms with van der Waals surface area (Å²) in [6.07, 6.45) is 8.32. The summed E-state index contributed by atoms with van der Waals surface area (Å²) in [5.41, 5.74) is 1.44. The molecule has 1 heterocycles. The van der Waals surface area contributed by atoms with Crippen molar-refractivity contribution < 1.29 is 28.6 Å². The lowest BCUT2D eigenvalue weighted by Crippen LogP contribution is -2.08. The van der Waals surface area contributed by atoms with Gasteiger partial charge in [-0.3, -0.25) is 14.4 Å². The highest BCUT2D eigenvalue weighted by molar-refractivity contribution is 8.77. The fraction of sp³-hybridized carbons (Fsp3) is 0.346. The Balaban J connectivity index is 1.54. The van der Waals surface area contributed by atoms with E-state index >= 15 is 0 Å². The summed E-state index contributed by atoms with van der Waals surface area (Å²) < 4.78 is 15.8. The van der Waals surface area contributed by atoms with E-state index in [9.17, 15) is 14.4 Å². The first-order chi connectivity index (χ1) is 16.4. The van der Waals surface area contributed by atoms with Crippen molar-refractivity contribution in [2.24, 2.45) is 0 Å². The molecule has 180 valence electrons. The lowest BCUT2D eigenvalue weighted by molar-refractivity contribution is -0.134. The molecule has 0 aromatic heterocycles. The number of hydrogen-bond acceptors (Lipinski definition) is 8. The Morgan fingerprint density at radius 3 is 2.32 bits per heavy atom. The predicted octanol–water partition coefficient (Wildman–Crippen LogP) is 6.33. The van der Waals surface area contributed by atoms with E-state index in [0.717, 1.165) is 30.1 Å². The van der Waals surface area contributed by atoms with Gasteiger partial charge in [-0.05, 0) is 55.2 Å². The number of carbonyl (C=O) groups excluding carboxylic acids is 3. The molecule has 0 N–H and O–H groups in total. The number of benzene rings is 2. The van der Waals surface area contributed by atoms with Crippen LogP contribution in [0.15, 0.2) is 42.5 Å². The second kappa shape index (κ2) is 13.2. The maximum Gasteiger partial charge on any atom is 0.311 e. The van der Waals surface area contributed by atoms with Crippen LogP contribution in [0.3, 0.4) is 0 Å². The first kappa shape index (κ1) is 25.9. The molecule has 0 spiro atoms. The van der Waals surface area contributed by atoms with E-state index < -0.39 is 11.9 Å². The lowest BCUT2D eigenvalue weighted by atomic mass is 10.1. The van der Waals surface area contributed by atoms with Crippen molar-refractivity contribution in [3.8, 4) is 17.2 Å². The van der Waals surface area contributed by atoms with E-state index in [2.05, 4.69) is 0 Å². The summed E-state index contributed by atoms with van der Waals surface area (Å²) in [5, 5.41) is 0.732.